The number of hydrogen-bond acceptors (Lipinski definition) is 5. The number of benzene rings is 3. The number of aryl methyl sites for hydroxylation is 3. The Morgan fingerprint density at radius 1 is 0.822 bits per heavy atom. The molecular formula is C34H42F3N5O3. The van der Waals surface area contributed by atoms with Gasteiger partial charge in [0.2, 0.25) is 11.8 Å². The first-order valence-electron chi connectivity index (χ1n) is 14.7. The van der Waals surface area contributed by atoms with Crippen LogP contribution in [-0.2, 0) is 28.9 Å². The summed E-state index contributed by atoms with van der Waals surface area (Å²) in [6.07, 6.45) is -4.67. The minimum absolute atomic E-state index is 0.107. The van der Waals surface area contributed by atoms with Crippen LogP contribution in [0.25, 0.3) is 0 Å². The van der Waals surface area contributed by atoms with Crippen molar-refractivity contribution in [2.24, 2.45) is 0 Å². The summed E-state index contributed by atoms with van der Waals surface area (Å²) in [5.41, 5.74) is 3.56. The Hall–Kier alpha value is -4.38. The van der Waals surface area contributed by atoms with E-state index in [4.69, 9.17) is 0 Å². The van der Waals surface area contributed by atoms with Gasteiger partial charge in [-0.05, 0) is 76.4 Å². The molecule has 5 N–H and O–H groups in total. The van der Waals surface area contributed by atoms with Gasteiger partial charge in [0.1, 0.15) is 6.04 Å². The Kier molecular flexibility index (Phi) is 11.8. The van der Waals surface area contributed by atoms with E-state index in [0.717, 1.165) is 39.9 Å². The van der Waals surface area contributed by atoms with Gasteiger partial charge in [-0.2, -0.15) is 13.2 Å². The Morgan fingerprint density at radius 2 is 1.49 bits per heavy atom. The Balaban J connectivity index is 1.69. The molecule has 0 aromatic heterocycles. The summed E-state index contributed by atoms with van der Waals surface area (Å²) < 4.78 is 40.5. The van der Waals surface area contributed by atoms with Crippen LogP contribution in [0.4, 0.5) is 18.9 Å². The number of carbonyl (C=O) groups excluding carboxylic acids is 3. The normalized spacial score (nSPS) is 12.3. The maximum atomic E-state index is 13.5. The molecule has 0 heterocycles. The molecule has 3 aromatic carbocycles. The fourth-order valence-corrected chi connectivity index (χ4v) is 4.53. The minimum atomic E-state index is -4.67. The molecule has 0 aliphatic rings. The van der Waals surface area contributed by atoms with Crippen LogP contribution in [0.3, 0.4) is 0 Å². The lowest BCUT2D eigenvalue weighted by Gasteiger charge is -2.26. The summed E-state index contributed by atoms with van der Waals surface area (Å²) in [6, 6.07) is 15.5. The van der Waals surface area contributed by atoms with E-state index in [9.17, 15) is 27.6 Å². The third kappa shape index (κ3) is 11.2. The van der Waals surface area contributed by atoms with Crippen LogP contribution >= 0.6 is 0 Å². The first-order chi connectivity index (χ1) is 21.0. The van der Waals surface area contributed by atoms with E-state index in [1.54, 1.807) is 0 Å². The molecule has 0 fully saturated rings. The van der Waals surface area contributed by atoms with E-state index in [-0.39, 0.29) is 24.3 Å². The molecule has 3 amide bonds. The van der Waals surface area contributed by atoms with Crippen molar-refractivity contribution in [3.8, 4) is 0 Å². The highest BCUT2D eigenvalue weighted by molar-refractivity contribution is 6.01. The molecule has 45 heavy (non-hydrogen) atoms. The number of rotatable bonds is 12. The van der Waals surface area contributed by atoms with Crippen molar-refractivity contribution in [1.29, 1.82) is 0 Å². The largest absolute Gasteiger partial charge is 0.416 e. The van der Waals surface area contributed by atoms with Gasteiger partial charge in [0.25, 0.3) is 5.91 Å². The number of alkyl halides is 3. The molecule has 0 spiro atoms. The molecular weight excluding hydrogens is 583 g/mol. The molecule has 1 unspecified atom stereocenters. The van der Waals surface area contributed by atoms with Crippen molar-refractivity contribution in [3.63, 3.8) is 0 Å². The standard InChI is InChI=1S/C34H42F3N5O3/c1-21-7-10-24(11-8-21)17-39-28-14-13-26(34(35,36)37)16-27(28)31(44)40-20-30(43)41-29(32(45)42-33(4,5)6)19-38-18-25-12-9-22(2)15-23(25)3/h7-16,29,38-39H,17-20H2,1-6H3,(H,40,44)(H,41,43)(H,42,45). The Labute approximate surface area is 262 Å². The summed E-state index contributed by atoms with van der Waals surface area (Å²) in [4.78, 5) is 39.0. The molecule has 0 saturated heterocycles. The fraction of sp³-hybridized carbons (Fsp3) is 0.382. The molecule has 0 bridgehead atoms. The van der Waals surface area contributed by atoms with E-state index >= 15 is 0 Å². The third-order valence-electron chi connectivity index (χ3n) is 6.92. The number of carbonyl (C=O) groups is 3. The molecule has 242 valence electrons. The van der Waals surface area contributed by atoms with Crippen molar-refractivity contribution in [2.75, 3.05) is 18.4 Å². The van der Waals surface area contributed by atoms with E-state index in [2.05, 4.69) is 32.7 Å². The van der Waals surface area contributed by atoms with Gasteiger partial charge in [0.15, 0.2) is 0 Å². The number of nitrogens with one attached hydrogen (secondary N) is 5. The molecule has 11 heteroatoms. The van der Waals surface area contributed by atoms with Gasteiger partial charge in [-0.15, -0.1) is 0 Å². The Bertz CT molecular complexity index is 1500. The summed E-state index contributed by atoms with van der Waals surface area (Å²) in [5.74, 6) is -1.96. The predicted molar refractivity (Wildman–Crippen MR) is 170 cm³/mol. The highest BCUT2D eigenvalue weighted by Gasteiger charge is 2.32. The second-order valence-electron chi connectivity index (χ2n) is 12.2. The third-order valence-corrected chi connectivity index (χ3v) is 6.92. The zero-order valence-electron chi connectivity index (χ0n) is 26.5. The quantitative estimate of drug-likeness (QED) is 0.191. The van der Waals surface area contributed by atoms with E-state index < -0.39 is 47.6 Å². The molecule has 3 aromatic rings. The maximum absolute atomic E-state index is 13.5. The Morgan fingerprint density at radius 3 is 2.11 bits per heavy atom. The van der Waals surface area contributed by atoms with Crippen molar-refractivity contribution in [2.45, 2.75) is 72.4 Å². The van der Waals surface area contributed by atoms with Crippen LogP contribution in [-0.4, -0.2) is 42.4 Å². The number of halogens is 3. The van der Waals surface area contributed by atoms with Crippen LogP contribution in [0.5, 0.6) is 0 Å². The monoisotopic (exact) mass is 625 g/mol. The molecule has 1 atom stereocenters. The zero-order valence-corrected chi connectivity index (χ0v) is 26.5. The number of anilines is 1. The second-order valence-corrected chi connectivity index (χ2v) is 12.2. The molecule has 0 radical (unpaired) electrons. The smallest absolute Gasteiger partial charge is 0.380 e. The van der Waals surface area contributed by atoms with E-state index in [1.807, 2.05) is 77.9 Å². The predicted octanol–water partition coefficient (Wildman–Crippen LogP) is 5.16. The maximum Gasteiger partial charge on any atom is 0.416 e. The van der Waals surface area contributed by atoms with Crippen LogP contribution in [0, 0.1) is 20.8 Å². The van der Waals surface area contributed by atoms with Gasteiger partial charge in [0.05, 0.1) is 17.7 Å². The summed E-state index contributed by atoms with van der Waals surface area (Å²) >= 11 is 0. The van der Waals surface area contributed by atoms with Gasteiger partial charge in [-0.1, -0.05) is 53.6 Å². The molecule has 0 aliphatic heterocycles. The summed E-state index contributed by atoms with van der Waals surface area (Å²) in [5, 5.41) is 14.1. The van der Waals surface area contributed by atoms with Gasteiger partial charge < -0.3 is 26.6 Å². The van der Waals surface area contributed by atoms with Crippen molar-refractivity contribution in [1.82, 2.24) is 21.3 Å². The van der Waals surface area contributed by atoms with Crippen molar-refractivity contribution in [3.05, 3.63) is 99.6 Å². The van der Waals surface area contributed by atoms with Gasteiger partial charge in [-0.25, -0.2) is 0 Å². The van der Waals surface area contributed by atoms with Crippen LogP contribution in [0.15, 0.2) is 60.7 Å². The first kappa shape index (κ1) is 35.1. The lowest BCUT2D eigenvalue weighted by Crippen LogP contribution is -2.56. The molecule has 0 aliphatic carbocycles. The molecule has 3 rings (SSSR count). The first-order valence-corrected chi connectivity index (χ1v) is 14.7. The lowest BCUT2D eigenvalue weighted by molar-refractivity contribution is -0.137. The topological polar surface area (TPSA) is 111 Å². The van der Waals surface area contributed by atoms with E-state index in [1.165, 1.54) is 6.07 Å². The lowest BCUT2D eigenvalue weighted by atomic mass is 10.1. The van der Waals surface area contributed by atoms with Gasteiger partial charge in [0, 0.05) is 30.9 Å². The van der Waals surface area contributed by atoms with Gasteiger partial charge >= 0.3 is 6.18 Å². The minimum Gasteiger partial charge on any atom is -0.380 e. The van der Waals surface area contributed by atoms with Gasteiger partial charge in [-0.3, -0.25) is 14.4 Å². The van der Waals surface area contributed by atoms with E-state index in [0.29, 0.717) is 6.54 Å². The highest BCUT2D eigenvalue weighted by atomic mass is 19.4. The second kappa shape index (κ2) is 15.1. The number of amides is 3. The SMILES string of the molecule is Cc1ccc(CNc2ccc(C(F)(F)F)cc2C(=O)NCC(=O)NC(CNCc2ccc(C)cc2C)C(=O)NC(C)(C)C)cc1. The van der Waals surface area contributed by atoms with Crippen LogP contribution in [0.1, 0.15) is 64.5 Å². The van der Waals surface area contributed by atoms with Crippen LogP contribution in [0.2, 0.25) is 0 Å². The van der Waals surface area contributed by atoms with Crippen molar-refractivity contribution >= 4 is 23.4 Å². The zero-order chi connectivity index (χ0) is 33.4. The summed E-state index contributed by atoms with van der Waals surface area (Å²) in [6.45, 7) is 11.7. The highest BCUT2D eigenvalue weighted by Crippen LogP contribution is 2.32. The fourth-order valence-electron chi connectivity index (χ4n) is 4.53. The average molecular weight is 626 g/mol. The number of hydrogen-bond donors (Lipinski definition) is 5. The van der Waals surface area contributed by atoms with Crippen molar-refractivity contribution < 1.29 is 27.6 Å². The van der Waals surface area contributed by atoms with Crippen LogP contribution < -0.4 is 26.6 Å². The molecule has 8 nitrogen and oxygen atoms in total. The molecule has 0 saturated carbocycles. The average Bonchev–Trinajstić information content (AvgIpc) is 2.94. The summed E-state index contributed by atoms with van der Waals surface area (Å²) in [7, 11) is 0.